The van der Waals surface area contributed by atoms with Crippen LogP contribution in [0, 0.1) is 6.92 Å². The van der Waals surface area contributed by atoms with Gasteiger partial charge in [-0.25, -0.2) is 0 Å². The minimum Gasteiger partial charge on any atom is -0.495 e. The number of benzene rings is 1. The van der Waals surface area contributed by atoms with Crippen LogP contribution in [-0.4, -0.2) is 50.8 Å². The molecule has 0 aliphatic carbocycles. The van der Waals surface area contributed by atoms with E-state index in [9.17, 15) is 0 Å². The predicted octanol–water partition coefficient (Wildman–Crippen LogP) is 3.39. The van der Waals surface area contributed by atoms with Gasteiger partial charge in [0, 0.05) is 44.6 Å². The molecule has 158 valence electrons. The molecule has 0 radical (unpaired) electrons. The fraction of sp³-hybridized carbons (Fsp3) is 0.455. The minimum atomic E-state index is 0. The summed E-state index contributed by atoms with van der Waals surface area (Å²) in [6, 6.07) is 12.8. The highest BCUT2D eigenvalue weighted by Gasteiger charge is 2.22. The van der Waals surface area contributed by atoms with Crippen LogP contribution in [0.25, 0.3) is 0 Å². The third-order valence-electron chi connectivity index (χ3n) is 5.09. The monoisotopic (exact) mass is 509 g/mol. The predicted molar refractivity (Wildman–Crippen MR) is 131 cm³/mol. The van der Waals surface area contributed by atoms with Crippen molar-refractivity contribution in [2.75, 3.05) is 38.7 Å². The van der Waals surface area contributed by atoms with Gasteiger partial charge in [-0.3, -0.25) is 9.98 Å². The molecule has 1 fully saturated rings. The first-order chi connectivity index (χ1) is 13.7. The zero-order valence-electron chi connectivity index (χ0n) is 17.5. The maximum atomic E-state index is 5.54. The molecule has 1 aromatic carbocycles. The number of halogens is 1. The van der Waals surface area contributed by atoms with Crippen LogP contribution in [0.4, 0.5) is 5.69 Å². The van der Waals surface area contributed by atoms with E-state index in [-0.39, 0.29) is 24.0 Å². The van der Waals surface area contributed by atoms with Crippen molar-refractivity contribution in [2.24, 2.45) is 4.99 Å². The molecule has 6 nitrogen and oxygen atoms in total. The van der Waals surface area contributed by atoms with Crippen LogP contribution >= 0.6 is 24.0 Å². The van der Waals surface area contributed by atoms with E-state index in [4.69, 9.17) is 4.74 Å². The number of aryl methyl sites for hydroxylation is 1. The summed E-state index contributed by atoms with van der Waals surface area (Å²) in [5.41, 5.74) is 3.44. The summed E-state index contributed by atoms with van der Waals surface area (Å²) in [6.45, 7) is 4.81. The quantitative estimate of drug-likeness (QED) is 0.355. The second kappa shape index (κ2) is 11.8. The average molecular weight is 509 g/mol. The number of ether oxygens (including phenoxy) is 1. The van der Waals surface area contributed by atoms with Gasteiger partial charge in [-0.2, -0.15) is 0 Å². The summed E-state index contributed by atoms with van der Waals surface area (Å²) in [4.78, 5) is 11.1. The molecule has 2 aromatic rings. The molecule has 1 aromatic heterocycles. The van der Waals surface area contributed by atoms with E-state index in [1.165, 1.54) is 5.56 Å². The molecule has 29 heavy (non-hydrogen) atoms. The lowest BCUT2D eigenvalue weighted by Gasteiger charge is -2.36. The Bertz CT molecular complexity index is 781. The number of methoxy groups -OCH3 is 1. The second-order valence-electron chi connectivity index (χ2n) is 7.16. The van der Waals surface area contributed by atoms with Gasteiger partial charge >= 0.3 is 0 Å². The summed E-state index contributed by atoms with van der Waals surface area (Å²) in [7, 11) is 3.55. The Morgan fingerprint density at radius 3 is 2.83 bits per heavy atom. The molecule has 1 aliphatic heterocycles. The molecule has 2 heterocycles. The van der Waals surface area contributed by atoms with Crippen LogP contribution < -0.4 is 20.3 Å². The Morgan fingerprint density at radius 1 is 1.28 bits per heavy atom. The van der Waals surface area contributed by atoms with Gasteiger partial charge in [0.25, 0.3) is 0 Å². The van der Waals surface area contributed by atoms with E-state index < -0.39 is 0 Å². The van der Waals surface area contributed by atoms with Gasteiger partial charge in [0.05, 0.1) is 12.8 Å². The van der Waals surface area contributed by atoms with Crippen molar-refractivity contribution in [3.8, 4) is 5.75 Å². The third kappa shape index (κ3) is 6.76. The van der Waals surface area contributed by atoms with Crippen molar-refractivity contribution in [2.45, 2.75) is 32.2 Å². The highest BCUT2D eigenvalue weighted by atomic mass is 127. The van der Waals surface area contributed by atoms with Gasteiger partial charge in [-0.05, 0) is 49.9 Å². The number of hydrogen-bond acceptors (Lipinski definition) is 4. The van der Waals surface area contributed by atoms with Crippen molar-refractivity contribution in [1.29, 1.82) is 0 Å². The van der Waals surface area contributed by atoms with Crippen LogP contribution in [-0.2, 0) is 6.42 Å². The zero-order chi connectivity index (χ0) is 19.8. The lowest BCUT2D eigenvalue weighted by atomic mass is 10.0. The van der Waals surface area contributed by atoms with E-state index in [0.717, 1.165) is 62.0 Å². The summed E-state index contributed by atoms with van der Waals surface area (Å²) < 4.78 is 5.54. The molecule has 3 rings (SSSR count). The van der Waals surface area contributed by atoms with E-state index in [2.05, 4.69) is 49.8 Å². The summed E-state index contributed by atoms with van der Waals surface area (Å²) in [5.74, 6) is 1.78. The first-order valence-electron chi connectivity index (χ1n) is 9.96. The van der Waals surface area contributed by atoms with Crippen molar-refractivity contribution in [1.82, 2.24) is 15.6 Å². The number of piperidine rings is 1. The number of aliphatic imine (C=N–C) groups is 1. The van der Waals surface area contributed by atoms with E-state index in [1.807, 2.05) is 32.3 Å². The molecular formula is C22H32IN5O. The Hall–Kier alpha value is -2.03. The van der Waals surface area contributed by atoms with Crippen LogP contribution in [0.3, 0.4) is 0 Å². The standard InChI is InChI=1S/C22H31N5O.HI/c1-17-10-11-18(15-25-17)12-13-24-22(23-2)26-19-7-6-14-27(16-19)20-8-4-5-9-21(20)28-3;/h4-5,8-11,15,19H,6-7,12-14,16H2,1-3H3,(H2,23,24,26);1H. The molecular weight excluding hydrogens is 477 g/mol. The lowest BCUT2D eigenvalue weighted by molar-refractivity contribution is 0.408. The first kappa shape index (κ1) is 23.3. The Labute approximate surface area is 191 Å². The van der Waals surface area contributed by atoms with Gasteiger partial charge in [-0.15, -0.1) is 24.0 Å². The van der Waals surface area contributed by atoms with Gasteiger partial charge in [0.15, 0.2) is 5.96 Å². The fourth-order valence-electron chi connectivity index (χ4n) is 3.56. The molecule has 1 aliphatic rings. The second-order valence-corrected chi connectivity index (χ2v) is 7.16. The Morgan fingerprint density at radius 2 is 2.10 bits per heavy atom. The lowest BCUT2D eigenvalue weighted by Crippen LogP contribution is -2.51. The maximum absolute atomic E-state index is 5.54. The molecule has 1 atom stereocenters. The summed E-state index contributed by atoms with van der Waals surface area (Å²) in [5, 5.41) is 7.00. The van der Waals surface area contributed by atoms with Crippen molar-refractivity contribution < 1.29 is 4.74 Å². The SMILES string of the molecule is CN=C(NCCc1ccc(C)nc1)NC1CCCN(c2ccccc2OC)C1.I. The van der Waals surface area contributed by atoms with Crippen molar-refractivity contribution in [3.63, 3.8) is 0 Å². The molecule has 1 saturated heterocycles. The molecule has 1 unspecified atom stereocenters. The van der Waals surface area contributed by atoms with Crippen LogP contribution in [0.5, 0.6) is 5.75 Å². The van der Waals surface area contributed by atoms with E-state index in [1.54, 1.807) is 7.11 Å². The van der Waals surface area contributed by atoms with Crippen molar-refractivity contribution >= 4 is 35.6 Å². The number of rotatable bonds is 6. The molecule has 0 spiro atoms. The Balaban J connectivity index is 0.00000300. The number of nitrogens with zero attached hydrogens (tertiary/aromatic N) is 3. The molecule has 2 N–H and O–H groups in total. The largest absolute Gasteiger partial charge is 0.495 e. The highest BCUT2D eigenvalue weighted by Crippen LogP contribution is 2.29. The normalized spacial score (nSPS) is 16.7. The smallest absolute Gasteiger partial charge is 0.191 e. The van der Waals surface area contributed by atoms with Crippen molar-refractivity contribution in [3.05, 3.63) is 53.9 Å². The van der Waals surface area contributed by atoms with Crippen LogP contribution in [0.1, 0.15) is 24.1 Å². The molecule has 0 bridgehead atoms. The third-order valence-corrected chi connectivity index (χ3v) is 5.09. The van der Waals surface area contributed by atoms with Gasteiger partial charge in [0.2, 0.25) is 0 Å². The first-order valence-corrected chi connectivity index (χ1v) is 9.96. The fourth-order valence-corrected chi connectivity index (χ4v) is 3.56. The van der Waals surface area contributed by atoms with Crippen LogP contribution in [0.2, 0.25) is 0 Å². The van der Waals surface area contributed by atoms with E-state index >= 15 is 0 Å². The maximum Gasteiger partial charge on any atom is 0.191 e. The average Bonchev–Trinajstić information content (AvgIpc) is 2.74. The van der Waals surface area contributed by atoms with Gasteiger partial charge in [-0.1, -0.05) is 18.2 Å². The number of aromatic nitrogens is 1. The topological polar surface area (TPSA) is 61.8 Å². The zero-order valence-corrected chi connectivity index (χ0v) is 19.8. The number of para-hydroxylation sites is 2. The minimum absolute atomic E-state index is 0. The number of guanidine groups is 1. The molecule has 7 heteroatoms. The highest BCUT2D eigenvalue weighted by molar-refractivity contribution is 14.0. The molecule has 0 amide bonds. The van der Waals surface area contributed by atoms with Gasteiger partial charge in [0.1, 0.15) is 5.75 Å². The summed E-state index contributed by atoms with van der Waals surface area (Å²) >= 11 is 0. The Kier molecular flexibility index (Phi) is 9.50. The number of pyridine rings is 1. The number of anilines is 1. The van der Waals surface area contributed by atoms with Gasteiger partial charge < -0.3 is 20.3 Å². The molecule has 0 saturated carbocycles. The van der Waals surface area contributed by atoms with Crippen LogP contribution in [0.15, 0.2) is 47.6 Å². The number of nitrogens with one attached hydrogen (secondary N) is 2. The summed E-state index contributed by atoms with van der Waals surface area (Å²) in [6.07, 6.45) is 5.14. The number of hydrogen-bond donors (Lipinski definition) is 2. The van der Waals surface area contributed by atoms with E-state index in [0.29, 0.717) is 6.04 Å².